The monoisotopic (exact) mass is 187 g/mol. The smallest absolute Gasteiger partial charge is 0.0724 e. The van der Waals surface area contributed by atoms with Gasteiger partial charge >= 0.3 is 0 Å². The van der Waals surface area contributed by atoms with Gasteiger partial charge in [0, 0.05) is 25.7 Å². The molecule has 0 spiro atoms. The maximum absolute atomic E-state index is 4.30. The summed E-state index contributed by atoms with van der Waals surface area (Å²) in [6.07, 6.45) is 1.81. The molecule has 0 atom stereocenters. The summed E-state index contributed by atoms with van der Waals surface area (Å²) in [5.41, 5.74) is 3.20. The highest BCUT2D eigenvalue weighted by Crippen LogP contribution is 2.29. The van der Waals surface area contributed by atoms with E-state index in [0.29, 0.717) is 0 Å². The molecule has 0 fully saturated rings. The van der Waals surface area contributed by atoms with Crippen LogP contribution in [-0.4, -0.2) is 19.1 Å². The van der Waals surface area contributed by atoms with Gasteiger partial charge in [0.2, 0.25) is 0 Å². The summed E-state index contributed by atoms with van der Waals surface area (Å²) >= 11 is 0. The van der Waals surface area contributed by atoms with E-state index < -0.39 is 0 Å². The lowest BCUT2D eigenvalue weighted by molar-refractivity contribution is 1.40. The molecular formula is C11H13N3. The van der Waals surface area contributed by atoms with Gasteiger partial charge in [0.05, 0.1) is 16.9 Å². The fourth-order valence-electron chi connectivity index (χ4n) is 1.63. The SMILES string of the molecule is CNc1ccc2ncccc2c1NC. The van der Waals surface area contributed by atoms with Crippen molar-refractivity contribution in [2.75, 3.05) is 24.7 Å². The topological polar surface area (TPSA) is 37.0 Å². The minimum absolute atomic E-state index is 1.01. The van der Waals surface area contributed by atoms with Gasteiger partial charge in [0.15, 0.2) is 0 Å². The van der Waals surface area contributed by atoms with E-state index >= 15 is 0 Å². The molecule has 0 aliphatic carbocycles. The molecule has 3 nitrogen and oxygen atoms in total. The van der Waals surface area contributed by atoms with Gasteiger partial charge in [-0.25, -0.2) is 0 Å². The molecule has 2 rings (SSSR count). The second-order valence-corrected chi connectivity index (χ2v) is 3.06. The van der Waals surface area contributed by atoms with Crippen molar-refractivity contribution in [1.29, 1.82) is 0 Å². The first kappa shape index (κ1) is 8.81. The third-order valence-corrected chi connectivity index (χ3v) is 2.30. The van der Waals surface area contributed by atoms with Crippen LogP contribution in [0.4, 0.5) is 11.4 Å². The Morgan fingerprint density at radius 3 is 2.64 bits per heavy atom. The molecule has 0 saturated carbocycles. The number of fused-ring (bicyclic) bond motifs is 1. The largest absolute Gasteiger partial charge is 0.386 e. The van der Waals surface area contributed by atoms with E-state index in [-0.39, 0.29) is 0 Å². The van der Waals surface area contributed by atoms with Crippen LogP contribution in [0.1, 0.15) is 0 Å². The number of hydrogen-bond donors (Lipinski definition) is 2. The molecule has 14 heavy (non-hydrogen) atoms. The van der Waals surface area contributed by atoms with Crippen molar-refractivity contribution in [3.05, 3.63) is 30.5 Å². The van der Waals surface area contributed by atoms with Crippen LogP contribution in [0.25, 0.3) is 10.9 Å². The fraction of sp³-hybridized carbons (Fsp3) is 0.182. The van der Waals surface area contributed by atoms with Crippen molar-refractivity contribution >= 4 is 22.3 Å². The molecule has 72 valence electrons. The molecule has 0 radical (unpaired) electrons. The van der Waals surface area contributed by atoms with Crippen LogP contribution in [-0.2, 0) is 0 Å². The van der Waals surface area contributed by atoms with E-state index in [0.717, 1.165) is 22.3 Å². The average molecular weight is 187 g/mol. The minimum atomic E-state index is 1.01. The van der Waals surface area contributed by atoms with Gasteiger partial charge in [-0.05, 0) is 24.3 Å². The first-order chi connectivity index (χ1) is 6.86. The first-order valence-corrected chi connectivity index (χ1v) is 4.60. The standard InChI is InChI=1S/C11H13N3/c1-12-10-6-5-9-8(11(10)13-2)4-3-7-14-9/h3-7,12-13H,1-2H3. The van der Waals surface area contributed by atoms with E-state index in [2.05, 4.69) is 21.7 Å². The minimum Gasteiger partial charge on any atom is -0.386 e. The van der Waals surface area contributed by atoms with Crippen LogP contribution in [0.2, 0.25) is 0 Å². The van der Waals surface area contributed by atoms with Gasteiger partial charge in [0.25, 0.3) is 0 Å². The van der Waals surface area contributed by atoms with E-state index in [4.69, 9.17) is 0 Å². The Bertz CT molecular complexity index is 451. The van der Waals surface area contributed by atoms with Crippen LogP contribution >= 0.6 is 0 Å². The van der Waals surface area contributed by atoms with Crippen molar-refractivity contribution in [2.24, 2.45) is 0 Å². The number of pyridine rings is 1. The summed E-state index contributed by atoms with van der Waals surface area (Å²) in [4.78, 5) is 4.30. The average Bonchev–Trinajstić information content (AvgIpc) is 2.27. The van der Waals surface area contributed by atoms with E-state index in [1.807, 2.05) is 32.3 Å². The molecule has 1 aromatic carbocycles. The Morgan fingerprint density at radius 1 is 1.07 bits per heavy atom. The molecule has 0 aliphatic rings. The molecule has 1 heterocycles. The number of rotatable bonds is 2. The van der Waals surface area contributed by atoms with Crippen molar-refractivity contribution in [1.82, 2.24) is 4.98 Å². The van der Waals surface area contributed by atoms with Gasteiger partial charge in [-0.1, -0.05) is 0 Å². The van der Waals surface area contributed by atoms with Crippen LogP contribution in [0.3, 0.4) is 0 Å². The predicted molar refractivity (Wildman–Crippen MR) is 60.8 cm³/mol. The zero-order chi connectivity index (χ0) is 9.97. The maximum Gasteiger partial charge on any atom is 0.0724 e. The Morgan fingerprint density at radius 2 is 1.93 bits per heavy atom. The van der Waals surface area contributed by atoms with Crippen molar-refractivity contribution in [2.45, 2.75) is 0 Å². The normalized spacial score (nSPS) is 10.1. The van der Waals surface area contributed by atoms with Gasteiger partial charge in [-0.3, -0.25) is 4.98 Å². The lowest BCUT2D eigenvalue weighted by atomic mass is 10.1. The Balaban J connectivity index is 2.77. The van der Waals surface area contributed by atoms with Crippen molar-refractivity contribution in [3.8, 4) is 0 Å². The van der Waals surface area contributed by atoms with Gasteiger partial charge in [-0.15, -0.1) is 0 Å². The highest BCUT2D eigenvalue weighted by atomic mass is 14.9. The number of aromatic nitrogens is 1. The summed E-state index contributed by atoms with van der Waals surface area (Å²) in [5, 5.41) is 7.48. The molecular weight excluding hydrogens is 174 g/mol. The second-order valence-electron chi connectivity index (χ2n) is 3.06. The summed E-state index contributed by atoms with van der Waals surface area (Å²) in [6, 6.07) is 8.06. The molecule has 2 N–H and O–H groups in total. The van der Waals surface area contributed by atoms with Gasteiger partial charge in [0.1, 0.15) is 0 Å². The highest BCUT2D eigenvalue weighted by Gasteiger charge is 2.04. The van der Waals surface area contributed by atoms with Crippen molar-refractivity contribution < 1.29 is 0 Å². The van der Waals surface area contributed by atoms with Gasteiger partial charge < -0.3 is 10.6 Å². The summed E-state index contributed by atoms with van der Waals surface area (Å²) in [5.74, 6) is 0. The summed E-state index contributed by atoms with van der Waals surface area (Å²) in [6.45, 7) is 0. The molecule has 1 aromatic heterocycles. The fourth-order valence-corrected chi connectivity index (χ4v) is 1.63. The van der Waals surface area contributed by atoms with Crippen LogP contribution in [0.5, 0.6) is 0 Å². The van der Waals surface area contributed by atoms with Crippen LogP contribution < -0.4 is 10.6 Å². The highest BCUT2D eigenvalue weighted by molar-refractivity contribution is 5.98. The molecule has 0 bridgehead atoms. The lowest BCUT2D eigenvalue weighted by Gasteiger charge is -2.11. The van der Waals surface area contributed by atoms with E-state index in [9.17, 15) is 0 Å². The van der Waals surface area contributed by atoms with Crippen molar-refractivity contribution in [3.63, 3.8) is 0 Å². The molecule has 0 saturated heterocycles. The third-order valence-electron chi connectivity index (χ3n) is 2.30. The molecule has 0 amide bonds. The number of benzene rings is 1. The molecule has 2 aromatic rings. The molecule has 3 heteroatoms. The maximum atomic E-state index is 4.30. The van der Waals surface area contributed by atoms with Gasteiger partial charge in [-0.2, -0.15) is 0 Å². The molecule has 0 aliphatic heterocycles. The molecule has 0 unspecified atom stereocenters. The third kappa shape index (κ3) is 1.27. The van der Waals surface area contributed by atoms with E-state index in [1.54, 1.807) is 6.20 Å². The lowest BCUT2D eigenvalue weighted by Crippen LogP contribution is -1.97. The number of anilines is 2. The summed E-state index contributed by atoms with van der Waals surface area (Å²) < 4.78 is 0. The van der Waals surface area contributed by atoms with E-state index in [1.165, 1.54) is 0 Å². The quantitative estimate of drug-likeness (QED) is 0.757. The van der Waals surface area contributed by atoms with Crippen LogP contribution in [0, 0.1) is 0 Å². The van der Waals surface area contributed by atoms with Crippen LogP contribution in [0.15, 0.2) is 30.5 Å². The first-order valence-electron chi connectivity index (χ1n) is 4.60. The number of hydrogen-bond acceptors (Lipinski definition) is 3. The predicted octanol–water partition coefficient (Wildman–Crippen LogP) is 2.32. The zero-order valence-corrected chi connectivity index (χ0v) is 8.33. The Labute approximate surface area is 83.2 Å². The second kappa shape index (κ2) is 3.54. The number of nitrogens with one attached hydrogen (secondary N) is 2. The summed E-state index contributed by atoms with van der Waals surface area (Å²) in [7, 11) is 3.83. The Kier molecular flexibility index (Phi) is 2.23. The number of nitrogens with zero attached hydrogens (tertiary/aromatic N) is 1. The Hall–Kier alpha value is -1.77. The zero-order valence-electron chi connectivity index (χ0n) is 8.33.